The van der Waals surface area contributed by atoms with Crippen LogP contribution in [0.5, 0.6) is 0 Å². The van der Waals surface area contributed by atoms with Gasteiger partial charge in [-0.3, -0.25) is 14.3 Å². The number of nitrogens with one attached hydrogen (secondary N) is 2. The molecule has 35 heavy (non-hydrogen) atoms. The minimum Gasteiger partial charge on any atom is -0.384 e. The predicted molar refractivity (Wildman–Crippen MR) is 129 cm³/mol. The molecule has 0 fully saturated rings. The van der Waals surface area contributed by atoms with Gasteiger partial charge in [-0.05, 0) is 45.0 Å². The van der Waals surface area contributed by atoms with Gasteiger partial charge in [-0.1, -0.05) is 0 Å². The molecule has 0 saturated carbocycles. The summed E-state index contributed by atoms with van der Waals surface area (Å²) in [5, 5.41) is 0.643. The lowest BCUT2D eigenvalue weighted by atomic mass is 10.0. The first kappa shape index (κ1) is 24.1. The Kier molecular flexibility index (Phi) is 5.93. The van der Waals surface area contributed by atoms with Crippen LogP contribution in [0.25, 0.3) is 22.0 Å². The van der Waals surface area contributed by atoms with Crippen LogP contribution in [-0.4, -0.2) is 23.0 Å². The van der Waals surface area contributed by atoms with Crippen molar-refractivity contribution in [3.8, 4) is 11.1 Å². The second-order valence-corrected chi connectivity index (χ2v) is 9.85. The third-order valence-corrected chi connectivity index (χ3v) is 6.80. The van der Waals surface area contributed by atoms with E-state index in [1.54, 1.807) is 19.1 Å². The summed E-state index contributed by atoms with van der Waals surface area (Å²) in [6.07, 6.45) is 1.27. The number of hydrogen-bond donors (Lipinski definition) is 3. The molecule has 0 radical (unpaired) electrons. The van der Waals surface area contributed by atoms with Crippen LogP contribution >= 0.6 is 0 Å². The summed E-state index contributed by atoms with van der Waals surface area (Å²) >= 11 is 0. The highest BCUT2D eigenvalue weighted by molar-refractivity contribution is 7.92. The normalized spacial score (nSPS) is 11.8. The molecule has 3 heterocycles. The Balaban J connectivity index is 1.89. The fourth-order valence-corrected chi connectivity index (χ4v) is 4.95. The van der Waals surface area contributed by atoms with Crippen LogP contribution in [0, 0.1) is 18.6 Å². The molecule has 0 aliphatic heterocycles. The topological polar surface area (TPSA) is 140 Å². The molecule has 0 amide bonds. The minimum absolute atomic E-state index is 0.172. The molecule has 0 atom stereocenters. The van der Waals surface area contributed by atoms with Crippen LogP contribution in [0.4, 0.5) is 20.3 Å². The van der Waals surface area contributed by atoms with Gasteiger partial charge in [0.1, 0.15) is 28.0 Å². The average Bonchev–Trinajstić information content (AvgIpc) is 2.74. The Morgan fingerprint density at radius 3 is 2.49 bits per heavy atom. The molecule has 0 unspecified atom stereocenters. The van der Waals surface area contributed by atoms with E-state index in [1.807, 2.05) is 18.6 Å². The summed E-state index contributed by atoms with van der Waals surface area (Å²) < 4.78 is 56.2. The maximum Gasteiger partial charge on any atom is 0.272 e. The maximum absolute atomic E-state index is 14.1. The van der Waals surface area contributed by atoms with Crippen LogP contribution in [0.15, 0.2) is 57.1 Å². The smallest absolute Gasteiger partial charge is 0.272 e. The number of sulfonamides is 1. The van der Waals surface area contributed by atoms with Crippen molar-refractivity contribution in [1.29, 1.82) is 0 Å². The van der Waals surface area contributed by atoms with Crippen molar-refractivity contribution in [3.63, 3.8) is 0 Å². The van der Waals surface area contributed by atoms with Gasteiger partial charge in [-0.2, -0.15) is 0 Å². The first-order valence-electron chi connectivity index (χ1n) is 10.4. The van der Waals surface area contributed by atoms with Crippen LogP contribution in [0.3, 0.4) is 0 Å². The summed E-state index contributed by atoms with van der Waals surface area (Å²) in [4.78, 5) is 31.6. The number of nitrogens with two attached hydrogens (primary N) is 1. The molecule has 4 N–H and O–H groups in total. The monoisotopic (exact) mass is 501 g/mol. The summed E-state index contributed by atoms with van der Waals surface area (Å²) in [7, 11) is -4.58. The van der Waals surface area contributed by atoms with Crippen LogP contribution in [0.1, 0.15) is 25.6 Å². The Hall–Kier alpha value is -4.06. The number of aromatic nitrogens is 3. The lowest BCUT2D eigenvalue weighted by Crippen LogP contribution is -2.25. The Morgan fingerprint density at radius 1 is 1.11 bits per heavy atom. The number of nitrogens with zero attached hydrogens (tertiary/aromatic N) is 2. The molecular weight excluding hydrogens is 480 g/mol. The van der Waals surface area contributed by atoms with E-state index in [-0.39, 0.29) is 23.0 Å². The lowest BCUT2D eigenvalue weighted by Gasteiger charge is -2.18. The van der Waals surface area contributed by atoms with Crippen molar-refractivity contribution in [2.75, 3.05) is 10.5 Å². The summed E-state index contributed by atoms with van der Waals surface area (Å²) in [6, 6.07) is 6.05. The van der Waals surface area contributed by atoms with Gasteiger partial charge in [0.15, 0.2) is 0 Å². The first-order valence-corrected chi connectivity index (χ1v) is 11.9. The number of benzene rings is 1. The van der Waals surface area contributed by atoms with Gasteiger partial charge in [-0.25, -0.2) is 22.2 Å². The number of rotatable bonds is 5. The van der Waals surface area contributed by atoms with Gasteiger partial charge in [0.25, 0.3) is 21.1 Å². The molecule has 12 heteroatoms. The van der Waals surface area contributed by atoms with E-state index in [1.165, 1.54) is 16.8 Å². The minimum atomic E-state index is -4.58. The van der Waals surface area contributed by atoms with Gasteiger partial charge in [0.05, 0.1) is 5.52 Å². The highest BCUT2D eigenvalue weighted by Crippen LogP contribution is 2.27. The zero-order chi connectivity index (χ0) is 25.7. The zero-order valence-corrected chi connectivity index (χ0v) is 19.7. The second kappa shape index (κ2) is 8.62. The molecule has 0 aliphatic carbocycles. The van der Waals surface area contributed by atoms with E-state index in [9.17, 15) is 26.8 Å². The lowest BCUT2D eigenvalue weighted by molar-refractivity contribution is 0.551. The number of fused-ring (bicyclic) bond motifs is 1. The number of pyridine rings is 3. The highest BCUT2D eigenvalue weighted by Gasteiger charge is 2.22. The van der Waals surface area contributed by atoms with Crippen molar-refractivity contribution >= 4 is 32.4 Å². The fraction of sp³-hybridized carbons (Fsp3) is 0.174. The molecule has 0 saturated heterocycles. The fourth-order valence-electron chi connectivity index (χ4n) is 3.84. The third-order valence-electron chi connectivity index (χ3n) is 5.40. The van der Waals surface area contributed by atoms with E-state index in [4.69, 9.17) is 5.73 Å². The number of hydrogen-bond acceptors (Lipinski definition) is 6. The van der Waals surface area contributed by atoms with E-state index < -0.39 is 43.4 Å². The Morgan fingerprint density at radius 2 is 1.83 bits per heavy atom. The van der Waals surface area contributed by atoms with Crippen molar-refractivity contribution in [1.82, 2.24) is 14.5 Å². The van der Waals surface area contributed by atoms with Crippen LogP contribution in [0.2, 0.25) is 0 Å². The number of halogens is 2. The van der Waals surface area contributed by atoms with Crippen molar-refractivity contribution in [3.05, 3.63) is 80.6 Å². The molecule has 182 valence electrons. The van der Waals surface area contributed by atoms with Crippen LogP contribution in [-0.2, 0) is 10.0 Å². The molecule has 4 aromatic rings. The highest BCUT2D eigenvalue weighted by atomic mass is 32.2. The second-order valence-electron chi connectivity index (χ2n) is 8.20. The average molecular weight is 502 g/mol. The molecule has 0 spiro atoms. The van der Waals surface area contributed by atoms with E-state index in [0.717, 1.165) is 12.1 Å². The number of H-pyrrole nitrogens is 1. The maximum atomic E-state index is 14.1. The summed E-state index contributed by atoms with van der Waals surface area (Å²) in [5.74, 6) is -2.02. The SMILES string of the molecule is Cc1nc(N)cc2c1cc(-c1c[nH]c(=O)c(NS(=O)(=O)c3ccc(F)cc3F)c1)c(=O)n2C(C)C. The van der Waals surface area contributed by atoms with Gasteiger partial charge in [0.2, 0.25) is 0 Å². The van der Waals surface area contributed by atoms with Crippen molar-refractivity contribution in [2.45, 2.75) is 31.7 Å². The quantitative estimate of drug-likeness (QED) is 0.383. The molecule has 9 nitrogen and oxygen atoms in total. The Labute approximate surface area is 198 Å². The summed E-state index contributed by atoms with van der Waals surface area (Å²) in [6.45, 7) is 5.38. The van der Waals surface area contributed by atoms with Crippen molar-refractivity contribution in [2.24, 2.45) is 0 Å². The summed E-state index contributed by atoms with van der Waals surface area (Å²) in [5.41, 5.74) is 5.74. The van der Waals surface area contributed by atoms with E-state index >= 15 is 0 Å². The zero-order valence-electron chi connectivity index (χ0n) is 18.9. The first-order chi connectivity index (χ1) is 16.4. The van der Waals surface area contributed by atoms with Gasteiger partial charge in [0, 0.05) is 46.6 Å². The number of aromatic amines is 1. The molecule has 0 aliphatic rings. The largest absolute Gasteiger partial charge is 0.384 e. The molecule has 4 rings (SSSR count). The van der Waals surface area contributed by atoms with E-state index in [2.05, 4.69) is 9.97 Å². The number of aryl methyl sites for hydroxylation is 1. The molecule has 3 aromatic heterocycles. The standard InChI is InChI=1S/C23H21F2N5O4S/c1-11(2)30-19-9-21(26)28-12(3)15(19)8-16(23(30)32)13-6-18(22(31)27-10-13)29-35(33,34)20-5-4-14(24)7-17(20)25/h4-11,29H,1-3H3,(H2,26,28)(H,27,31). The van der Waals surface area contributed by atoms with Crippen LogP contribution < -0.4 is 21.6 Å². The van der Waals surface area contributed by atoms with Gasteiger partial charge < -0.3 is 15.3 Å². The molecular formula is C23H21F2N5O4S. The van der Waals surface area contributed by atoms with Crippen molar-refractivity contribution < 1.29 is 17.2 Å². The number of nitrogen functional groups attached to an aromatic ring is 1. The molecule has 1 aromatic carbocycles. The van der Waals surface area contributed by atoms with Gasteiger partial charge in [-0.15, -0.1) is 0 Å². The molecule has 0 bridgehead atoms. The van der Waals surface area contributed by atoms with Gasteiger partial charge >= 0.3 is 0 Å². The third kappa shape index (κ3) is 4.39. The number of anilines is 2. The van der Waals surface area contributed by atoms with E-state index in [0.29, 0.717) is 22.7 Å². The Bertz CT molecular complexity index is 1710. The predicted octanol–water partition coefficient (Wildman–Crippen LogP) is 3.30.